The summed E-state index contributed by atoms with van der Waals surface area (Å²) < 4.78 is 10.6. The van der Waals surface area contributed by atoms with Crippen LogP contribution in [-0.2, 0) is 4.79 Å². The predicted octanol–water partition coefficient (Wildman–Crippen LogP) is 4.20. The molecule has 1 aliphatic heterocycles. The summed E-state index contributed by atoms with van der Waals surface area (Å²) >= 11 is 0. The van der Waals surface area contributed by atoms with Crippen LogP contribution in [0, 0.1) is 5.92 Å². The standard InChI is InChI=1S/C25H30N4O4/c1-29-20-12-8-7-11-18(20)22(16-9-5-4-6-10-16)27-23(24(29)30)28-25(31)26-19-14-13-17(32-2)15-21(19)33-3/h7-8,11-16,23H,4-6,9-10H2,1-3H3,(H2,26,28,31). The third kappa shape index (κ3) is 4.79. The van der Waals surface area contributed by atoms with Gasteiger partial charge in [0.25, 0.3) is 5.91 Å². The molecule has 2 aromatic carbocycles. The number of anilines is 2. The Morgan fingerprint density at radius 1 is 1.06 bits per heavy atom. The molecular formula is C25H30N4O4. The maximum absolute atomic E-state index is 13.3. The Hall–Kier alpha value is -3.55. The van der Waals surface area contributed by atoms with Gasteiger partial charge in [-0.15, -0.1) is 0 Å². The van der Waals surface area contributed by atoms with Crippen LogP contribution in [0.5, 0.6) is 11.5 Å². The summed E-state index contributed by atoms with van der Waals surface area (Å²) in [6.07, 6.45) is 4.55. The van der Waals surface area contributed by atoms with Crippen molar-refractivity contribution in [3.63, 3.8) is 0 Å². The average Bonchev–Trinajstić information content (AvgIpc) is 2.95. The number of ether oxygens (including phenoxy) is 2. The lowest BCUT2D eigenvalue weighted by molar-refractivity contribution is -0.119. The number of para-hydroxylation sites is 1. The Kier molecular flexibility index (Phi) is 6.82. The van der Waals surface area contributed by atoms with Crippen LogP contribution in [0.2, 0.25) is 0 Å². The molecule has 33 heavy (non-hydrogen) atoms. The number of hydrogen-bond donors (Lipinski definition) is 2. The highest BCUT2D eigenvalue weighted by molar-refractivity contribution is 6.14. The van der Waals surface area contributed by atoms with Crippen LogP contribution in [0.15, 0.2) is 47.5 Å². The van der Waals surface area contributed by atoms with E-state index >= 15 is 0 Å². The smallest absolute Gasteiger partial charge is 0.321 e. The minimum absolute atomic E-state index is 0.272. The highest BCUT2D eigenvalue weighted by Crippen LogP contribution is 2.33. The second-order valence-electron chi connectivity index (χ2n) is 8.33. The van der Waals surface area contributed by atoms with Gasteiger partial charge in [0, 0.05) is 24.6 Å². The molecule has 1 atom stereocenters. The number of urea groups is 1. The highest BCUT2D eigenvalue weighted by Gasteiger charge is 2.33. The zero-order valence-electron chi connectivity index (χ0n) is 19.3. The van der Waals surface area contributed by atoms with Crippen LogP contribution in [-0.4, -0.2) is 45.1 Å². The van der Waals surface area contributed by atoms with Gasteiger partial charge in [0.1, 0.15) is 11.5 Å². The molecule has 2 aliphatic rings. The molecule has 8 heteroatoms. The van der Waals surface area contributed by atoms with Gasteiger partial charge in [0.2, 0.25) is 6.17 Å². The molecule has 0 bridgehead atoms. The molecule has 1 aliphatic carbocycles. The molecule has 1 fully saturated rings. The number of benzene rings is 2. The van der Waals surface area contributed by atoms with Gasteiger partial charge in [0.15, 0.2) is 0 Å². The fourth-order valence-corrected chi connectivity index (χ4v) is 4.53. The average molecular weight is 451 g/mol. The number of carbonyl (C=O) groups excluding carboxylic acids is 2. The molecule has 3 amide bonds. The minimum atomic E-state index is -1.02. The van der Waals surface area contributed by atoms with Gasteiger partial charge < -0.3 is 25.0 Å². The molecule has 0 aromatic heterocycles. The number of methoxy groups -OCH3 is 2. The number of fused-ring (bicyclic) bond motifs is 1. The maximum Gasteiger partial charge on any atom is 0.321 e. The molecule has 1 heterocycles. The van der Waals surface area contributed by atoms with Gasteiger partial charge in [-0.1, -0.05) is 37.5 Å². The maximum atomic E-state index is 13.3. The zero-order chi connectivity index (χ0) is 23.4. The summed E-state index contributed by atoms with van der Waals surface area (Å²) in [7, 11) is 4.79. The number of nitrogens with one attached hydrogen (secondary N) is 2. The zero-order valence-corrected chi connectivity index (χ0v) is 19.3. The molecule has 174 valence electrons. The molecule has 2 aromatic rings. The van der Waals surface area contributed by atoms with Crippen LogP contribution in [0.1, 0.15) is 37.7 Å². The van der Waals surface area contributed by atoms with E-state index in [1.54, 1.807) is 37.3 Å². The van der Waals surface area contributed by atoms with E-state index < -0.39 is 12.2 Å². The molecule has 2 N–H and O–H groups in total. The summed E-state index contributed by atoms with van der Waals surface area (Å²) in [5.74, 6) is 1.05. The third-order valence-electron chi connectivity index (χ3n) is 6.29. The Morgan fingerprint density at radius 3 is 2.55 bits per heavy atom. The number of nitrogens with zero attached hydrogens (tertiary/aromatic N) is 2. The number of benzodiazepines with no additional fused rings is 1. The summed E-state index contributed by atoms with van der Waals surface area (Å²) in [6.45, 7) is 0. The van der Waals surface area contributed by atoms with Crippen molar-refractivity contribution in [2.24, 2.45) is 10.9 Å². The number of carbonyl (C=O) groups is 2. The van der Waals surface area contributed by atoms with E-state index in [9.17, 15) is 9.59 Å². The molecule has 0 saturated heterocycles. The monoisotopic (exact) mass is 450 g/mol. The minimum Gasteiger partial charge on any atom is -0.497 e. The lowest BCUT2D eigenvalue weighted by Gasteiger charge is -2.25. The topological polar surface area (TPSA) is 92.3 Å². The summed E-state index contributed by atoms with van der Waals surface area (Å²) in [5, 5.41) is 5.52. The number of aliphatic imine (C=N–C) groups is 1. The van der Waals surface area contributed by atoms with Crippen LogP contribution in [0.3, 0.4) is 0 Å². The quantitative estimate of drug-likeness (QED) is 0.714. The highest BCUT2D eigenvalue weighted by atomic mass is 16.5. The van der Waals surface area contributed by atoms with Gasteiger partial charge in [0.05, 0.1) is 31.3 Å². The van der Waals surface area contributed by atoms with Crippen molar-refractivity contribution < 1.29 is 19.1 Å². The Morgan fingerprint density at radius 2 is 1.82 bits per heavy atom. The van der Waals surface area contributed by atoms with Crippen LogP contribution in [0.25, 0.3) is 0 Å². The molecule has 1 saturated carbocycles. The first-order valence-corrected chi connectivity index (χ1v) is 11.3. The number of rotatable bonds is 5. The molecule has 4 rings (SSSR count). The Bertz CT molecular complexity index is 1060. The van der Waals surface area contributed by atoms with E-state index in [0.717, 1.165) is 42.6 Å². The van der Waals surface area contributed by atoms with E-state index in [1.165, 1.54) is 13.5 Å². The summed E-state index contributed by atoms with van der Waals surface area (Å²) in [4.78, 5) is 32.5. The first-order chi connectivity index (χ1) is 16.0. The van der Waals surface area contributed by atoms with Crippen molar-refractivity contribution in [3.8, 4) is 11.5 Å². The van der Waals surface area contributed by atoms with Crippen molar-refractivity contribution in [3.05, 3.63) is 48.0 Å². The third-order valence-corrected chi connectivity index (χ3v) is 6.29. The Balaban J connectivity index is 1.61. The largest absolute Gasteiger partial charge is 0.497 e. The fourth-order valence-electron chi connectivity index (χ4n) is 4.53. The van der Waals surface area contributed by atoms with Gasteiger partial charge in [-0.3, -0.25) is 9.79 Å². The van der Waals surface area contributed by atoms with Crippen molar-refractivity contribution in [2.75, 3.05) is 31.5 Å². The first kappa shape index (κ1) is 22.6. The van der Waals surface area contributed by atoms with Crippen LogP contribution >= 0.6 is 0 Å². The second-order valence-corrected chi connectivity index (χ2v) is 8.33. The van der Waals surface area contributed by atoms with E-state index in [2.05, 4.69) is 10.6 Å². The molecule has 0 spiro atoms. The van der Waals surface area contributed by atoms with Crippen molar-refractivity contribution in [1.82, 2.24) is 5.32 Å². The van der Waals surface area contributed by atoms with Crippen molar-refractivity contribution in [1.29, 1.82) is 0 Å². The fraction of sp³-hybridized carbons (Fsp3) is 0.400. The lowest BCUT2D eigenvalue weighted by Crippen LogP contribution is -2.47. The normalized spacial score (nSPS) is 18.6. The Labute approximate surface area is 194 Å². The SMILES string of the molecule is COc1ccc(NC(=O)NC2N=C(C3CCCCC3)c3ccccc3N(C)C2=O)c(OC)c1. The first-order valence-electron chi connectivity index (χ1n) is 11.3. The van der Waals surface area contributed by atoms with Gasteiger partial charge in [-0.25, -0.2) is 4.79 Å². The van der Waals surface area contributed by atoms with Crippen molar-refractivity contribution >= 4 is 29.0 Å². The number of amides is 3. The molecule has 1 unspecified atom stereocenters. The van der Waals surface area contributed by atoms with Crippen molar-refractivity contribution in [2.45, 2.75) is 38.3 Å². The van der Waals surface area contributed by atoms with Crippen LogP contribution < -0.4 is 25.0 Å². The molecule has 8 nitrogen and oxygen atoms in total. The van der Waals surface area contributed by atoms with E-state index in [4.69, 9.17) is 14.5 Å². The predicted molar refractivity (Wildman–Crippen MR) is 128 cm³/mol. The van der Waals surface area contributed by atoms with E-state index in [-0.39, 0.29) is 11.8 Å². The van der Waals surface area contributed by atoms with Crippen LogP contribution in [0.4, 0.5) is 16.2 Å². The molecule has 0 radical (unpaired) electrons. The summed E-state index contributed by atoms with van der Waals surface area (Å²) in [6, 6.07) is 12.4. The van der Waals surface area contributed by atoms with Gasteiger partial charge >= 0.3 is 6.03 Å². The second kappa shape index (κ2) is 9.94. The van der Waals surface area contributed by atoms with Gasteiger partial charge in [-0.05, 0) is 31.0 Å². The summed E-state index contributed by atoms with van der Waals surface area (Å²) in [5.41, 5.74) is 3.13. The molecular weight excluding hydrogens is 420 g/mol. The number of hydrogen-bond acceptors (Lipinski definition) is 5. The van der Waals surface area contributed by atoms with E-state index in [0.29, 0.717) is 17.2 Å². The number of likely N-dealkylation sites (N-methyl/N-ethyl adjacent to an activating group) is 1. The lowest BCUT2D eigenvalue weighted by atomic mass is 9.83. The van der Waals surface area contributed by atoms with Gasteiger partial charge in [-0.2, -0.15) is 0 Å². The van der Waals surface area contributed by atoms with E-state index in [1.807, 2.05) is 24.3 Å².